The van der Waals surface area contributed by atoms with Gasteiger partial charge in [-0.2, -0.15) is 0 Å². The van der Waals surface area contributed by atoms with Gasteiger partial charge in [0.2, 0.25) is 10.0 Å². The minimum Gasteiger partial charge on any atom is -0.344 e. The molecule has 19 heavy (non-hydrogen) atoms. The predicted molar refractivity (Wildman–Crippen MR) is 71.5 cm³/mol. The minimum atomic E-state index is -3.70. The topological polar surface area (TPSA) is 115 Å². The van der Waals surface area contributed by atoms with Crippen LogP contribution >= 0.6 is 22.9 Å². The van der Waals surface area contributed by atoms with Crippen molar-refractivity contribution in [1.82, 2.24) is 14.9 Å². The first-order valence-electron chi connectivity index (χ1n) is 5.08. The molecular formula is C9H10N4O3S3. The van der Waals surface area contributed by atoms with Crippen molar-refractivity contribution in [3.05, 3.63) is 28.1 Å². The fourth-order valence-corrected chi connectivity index (χ4v) is 3.50. The van der Waals surface area contributed by atoms with Gasteiger partial charge in [-0.15, -0.1) is 16.4 Å². The number of nitrogens with zero attached hydrogens (tertiary/aromatic N) is 2. The van der Waals surface area contributed by atoms with E-state index in [9.17, 15) is 13.2 Å². The Labute approximate surface area is 117 Å². The summed E-state index contributed by atoms with van der Waals surface area (Å²) in [6.45, 7) is 1.76. The second-order valence-corrected chi connectivity index (χ2v) is 7.37. The average molecular weight is 318 g/mol. The third-order valence-electron chi connectivity index (χ3n) is 2.24. The van der Waals surface area contributed by atoms with Gasteiger partial charge in [-0.05, 0) is 30.6 Å². The Balaban J connectivity index is 2.10. The van der Waals surface area contributed by atoms with Gasteiger partial charge in [0, 0.05) is 4.88 Å². The molecule has 1 amide bonds. The number of hydrogen-bond donors (Lipinski definition) is 2. The van der Waals surface area contributed by atoms with Gasteiger partial charge >= 0.3 is 0 Å². The molecule has 0 bridgehead atoms. The zero-order valence-corrected chi connectivity index (χ0v) is 12.2. The molecule has 0 aliphatic rings. The average Bonchev–Trinajstić information content (AvgIpc) is 3.00. The van der Waals surface area contributed by atoms with Crippen molar-refractivity contribution in [2.45, 2.75) is 17.2 Å². The Bertz CT molecular complexity index is 677. The number of carbonyl (C=O) groups excluding carboxylic acids is 1. The van der Waals surface area contributed by atoms with Crippen LogP contribution in [0, 0.1) is 0 Å². The van der Waals surface area contributed by atoms with E-state index in [0.717, 1.165) is 22.9 Å². The molecule has 10 heteroatoms. The summed E-state index contributed by atoms with van der Waals surface area (Å²) in [5.41, 5.74) is 0. The number of nitrogens with one attached hydrogen (secondary N) is 1. The SMILES string of the molecule is CC(NC(=O)c1cnns1)c1ccc(S(N)(=O)=O)s1. The molecule has 0 aliphatic carbocycles. The quantitative estimate of drug-likeness (QED) is 0.862. The van der Waals surface area contributed by atoms with Crippen molar-refractivity contribution >= 4 is 38.8 Å². The predicted octanol–water partition coefficient (Wildman–Crippen LogP) is 0.738. The van der Waals surface area contributed by atoms with Gasteiger partial charge in [-0.1, -0.05) is 4.49 Å². The van der Waals surface area contributed by atoms with Crippen molar-refractivity contribution in [1.29, 1.82) is 0 Å². The first-order chi connectivity index (χ1) is 8.88. The second kappa shape index (κ2) is 5.33. The van der Waals surface area contributed by atoms with Crippen molar-refractivity contribution in [2.24, 2.45) is 5.14 Å². The van der Waals surface area contributed by atoms with Crippen molar-refractivity contribution < 1.29 is 13.2 Å². The highest BCUT2D eigenvalue weighted by atomic mass is 32.2. The lowest BCUT2D eigenvalue weighted by Crippen LogP contribution is -2.25. The van der Waals surface area contributed by atoms with E-state index < -0.39 is 10.0 Å². The molecule has 1 atom stereocenters. The summed E-state index contributed by atoms with van der Waals surface area (Å²) < 4.78 is 26.0. The van der Waals surface area contributed by atoms with E-state index in [1.165, 1.54) is 12.3 Å². The largest absolute Gasteiger partial charge is 0.344 e. The second-order valence-electron chi connectivity index (χ2n) is 3.68. The van der Waals surface area contributed by atoms with Crippen LogP contribution in [0.15, 0.2) is 22.5 Å². The van der Waals surface area contributed by atoms with E-state index in [-0.39, 0.29) is 16.2 Å². The molecule has 0 fully saturated rings. The molecule has 0 spiro atoms. The summed E-state index contributed by atoms with van der Waals surface area (Å²) in [4.78, 5) is 12.9. The third kappa shape index (κ3) is 3.35. The highest BCUT2D eigenvalue weighted by Crippen LogP contribution is 2.26. The van der Waals surface area contributed by atoms with Crippen LogP contribution in [0.5, 0.6) is 0 Å². The Morgan fingerprint density at radius 1 is 1.47 bits per heavy atom. The Kier molecular flexibility index (Phi) is 3.94. The molecule has 0 aromatic carbocycles. The fourth-order valence-electron chi connectivity index (χ4n) is 1.33. The molecule has 0 radical (unpaired) electrons. The Hall–Kier alpha value is -1.36. The molecule has 0 saturated heterocycles. The summed E-state index contributed by atoms with van der Waals surface area (Å²) >= 11 is 2.02. The van der Waals surface area contributed by atoms with E-state index in [1.54, 1.807) is 13.0 Å². The summed E-state index contributed by atoms with van der Waals surface area (Å²) in [5, 5.41) is 11.3. The molecule has 2 rings (SSSR count). The van der Waals surface area contributed by atoms with Crippen LogP contribution in [-0.4, -0.2) is 23.9 Å². The first kappa shape index (κ1) is 14.1. The number of primary sulfonamides is 1. The van der Waals surface area contributed by atoms with Gasteiger partial charge in [0.15, 0.2) is 0 Å². The van der Waals surface area contributed by atoms with E-state index in [1.807, 2.05) is 0 Å². The molecule has 0 aliphatic heterocycles. The number of rotatable bonds is 4. The van der Waals surface area contributed by atoms with Crippen molar-refractivity contribution in [3.63, 3.8) is 0 Å². The van der Waals surface area contributed by atoms with Gasteiger partial charge < -0.3 is 5.32 Å². The number of carbonyl (C=O) groups is 1. The van der Waals surface area contributed by atoms with Gasteiger partial charge in [0.05, 0.1) is 12.2 Å². The number of sulfonamides is 1. The monoisotopic (exact) mass is 318 g/mol. The van der Waals surface area contributed by atoms with Crippen LogP contribution in [0.3, 0.4) is 0 Å². The van der Waals surface area contributed by atoms with E-state index in [0.29, 0.717) is 9.75 Å². The van der Waals surface area contributed by atoms with Crippen LogP contribution in [0.2, 0.25) is 0 Å². The van der Waals surface area contributed by atoms with E-state index >= 15 is 0 Å². The molecule has 1 unspecified atom stereocenters. The first-order valence-corrected chi connectivity index (χ1v) is 8.22. The zero-order valence-electron chi connectivity index (χ0n) is 9.73. The molecule has 2 heterocycles. The maximum Gasteiger partial charge on any atom is 0.265 e. The summed E-state index contributed by atoms with van der Waals surface area (Å²) in [7, 11) is -3.70. The summed E-state index contributed by atoms with van der Waals surface area (Å²) in [6.07, 6.45) is 1.37. The molecule has 2 aromatic heterocycles. The van der Waals surface area contributed by atoms with Crippen LogP contribution in [0.4, 0.5) is 0 Å². The molecule has 7 nitrogen and oxygen atoms in total. The normalized spacial score (nSPS) is 13.2. The van der Waals surface area contributed by atoms with Crippen molar-refractivity contribution in [2.75, 3.05) is 0 Å². The highest BCUT2D eigenvalue weighted by Gasteiger charge is 2.17. The minimum absolute atomic E-state index is 0.0723. The number of aromatic nitrogens is 2. The van der Waals surface area contributed by atoms with Crippen LogP contribution < -0.4 is 10.5 Å². The molecular weight excluding hydrogens is 308 g/mol. The molecule has 102 valence electrons. The fraction of sp³-hybridized carbons (Fsp3) is 0.222. The number of thiophene rings is 1. The number of hydrogen-bond acceptors (Lipinski definition) is 7. The lowest BCUT2D eigenvalue weighted by molar-refractivity contribution is 0.0944. The molecule has 2 aromatic rings. The molecule has 3 N–H and O–H groups in total. The zero-order chi connectivity index (χ0) is 14.0. The van der Waals surface area contributed by atoms with Gasteiger partial charge in [-0.3, -0.25) is 4.79 Å². The van der Waals surface area contributed by atoms with Gasteiger partial charge in [0.1, 0.15) is 9.09 Å². The van der Waals surface area contributed by atoms with E-state index in [2.05, 4.69) is 14.9 Å². The number of nitrogens with two attached hydrogens (primary N) is 1. The lowest BCUT2D eigenvalue weighted by Gasteiger charge is -2.10. The van der Waals surface area contributed by atoms with Crippen LogP contribution in [-0.2, 0) is 10.0 Å². The molecule has 0 saturated carbocycles. The van der Waals surface area contributed by atoms with Crippen molar-refractivity contribution in [3.8, 4) is 0 Å². The Morgan fingerprint density at radius 2 is 2.21 bits per heavy atom. The lowest BCUT2D eigenvalue weighted by atomic mass is 10.2. The summed E-state index contributed by atoms with van der Waals surface area (Å²) in [6, 6.07) is 2.72. The van der Waals surface area contributed by atoms with Crippen LogP contribution in [0.25, 0.3) is 0 Å². The summed E-state index contributed by atoms with van der Waals surface area (Å²) in [5.74, 6) is -0.298. The maximum absolute atomic E-state index is 11.8. The number of amides is 1. The van der Waals surface area contributed by atoms with Gasteiger partial charge in [0.25, 0.3) is 5.91 Å². The van der Waals surface area contributed by atoms with E-state index in [4.69, 9.17) is 5.14 Å². The van der Waals surface area contributed by atoms with Crippen LogP contribution in [0.1, 0.15) is 27.5 Å². The maximum atomic E-state index is 11.8. The smallest absolute Gasteiger partial charge is 0.265 e. The standard InChI is InChI=1S/C9H10N4O3S3/c1-5(12-9(14)7-4-11-13-18-7)6-2-3-8(17-6)19(10,15)16/h2-5H,1H3,(H,12,14)(H2,10,15,16). The third-order valence-corrected chi connectivity index (χ3v) is 5.61. The Morgan fingerprint density at radius 3 is 2.74 bits per heavy atom. The van der Waals surface area contributed by atoms with Gasteiger partial charge in [-0.25, -0.2) is 13.6 Å². The highest BCUT2D eigenvalue weighted by molar-refractivity contribution is 7.91.